The smallest absolute Gasteiger partial charge is 0.303 e. The van der Waals surface area contributed by atoms with E-state index in [0.717, 1.165) is 23.5 Å². The summed E-state index contributed by atoms with van der Waals surface area (Å²) in [7, 11) is 0. The molecule has 7 heteroatoms. The Kier molecular flexibility index (Phi) is 4.84. The first kappa shape index (κ1) is 14.6. The highest BCUT2D eigenvalue weighted by atomic mass is 32.1. The number of hydrogen-bond acceptors (Lipinski definition) is 5. The van der Waals surface area contributed by atoms with Crippen molar-refractivity contribution in [3.8, 4) is 10.7 Å². The van der Waals surface area contributed by atoms with Crippen molar-refractivity contribution in [2.45, 2.75) is 39.7 Å². The van der Waals surface area contributed by atoms with Crippen LogP contribution >= 0.6 is 11.3 Å². The van der Waals surface area contributed by atoms with Crippen LogP contribution in [0.1, 0.15) is 32.3 Å². The molecule has 2 aromatic rings. The Balaban J connectivity index is 2.22. The van der Waals surface area contributed by atoms with Gasteiger partial charge >= 0.3 is 5.97 Å². The average Bonchev–Trinajstić information content (AvgIpc) is 3.04. The molecule has 0 radical (unpaired) electrons. The summed E-state index contributed by atoms with van der Waals surface area (Å²) in [6.07, 6.45) is 1.86. The number of carboxylic acids is 1. The van der Waals surface area contributed by atoms with Crippen LogP contribution in [0.5, 0.6) is 0 Å². The van der Waals surface area contributed by atoms with Crippen molar-refractivity contribution < 1.29 is 9.90 Å². The molecule has 0 saturated carbocycles. The molecule has 6 nitrogen and oxygen atoms in total. The number of aromatic nitrogens is 4. The predicted molar refractivity (Wildman–Crippen MR) is 76.5 cm³/mol. The van der Waals surface area contributed by atoms with Crippen LogP contribution in [0.2, 0.25) is 0 Å². The van der Waals surface area contributed by atoms with Gasteiger partial charge < -0.3 is 5.11 Å². The lowest BCUT2D eigenvalue weighted by atomic mass is 10.0. The summed E-state index contributed by atoms with van der Waals surface area (Å²) in [5.41, 5.74) is 1.22. The number of tetrazole rings is 1. The summed E-state index contributed by atoms with van der Waals surface area (Å²) in [5, 5.41) is 22.8. The summed E-state index contributed by atoms with van der Waals surface area (Å²) in [6.45, 7) is 4.62. The summed E-state index contributed by atoms with van der Waals surface area (Å²) in [5.74, 6) is -0.00248. The van der Waals surface area contributed by atoms with Crippen molar-refractivity contribution in [3.05, 3.63) is 17.0 Å². The van der Waals surface area contributed by atoms with Crippen molar-refractivity contribution in [1.29, 1.82) is 0 Å². The first-order valence-electron chi connectivity index (χ1n) is 6.70. The van der Waals surface area contributed by atoms with Gasteiger partial charge in [-0.25, -0.2) is 4.68 Å². The SMILES string of the molecule is CCc1ccsc1-c1nnnn1CC(CC)CC(=O)O. The van der Waals surface area contributed by atoms with E-state index in [2.05, 4.69) is 28.5 Å². The van der Waals surface area contributed by atoms with Crippen molar-refractivity contribution >= 4 is 17.3 Å². The second kappa shape index (κ2) is 6.60. The van der Waals surface area contributed by atoms with Crippen LogP contribution in [0.4, 0.5) is 0 Å². The van der Waals surface area contributed by atoms with Crippen molar-refractivity contribution in [1.82, 2.24) is 20.2 Å². The van der Waals surface area contributed by atoms with Crippen LogP contribution in [0, 0.1) is 5.92 Å². The van der Waals surface area contributed by atoms with E-state index in [1.54, 1.807) is 16.0 Å². The van der Waals surface area contributed by atoms with Gasteiger partial charge in [0.25, 0.3) is 0 Å². The van der Waals surface area contributed by atoms with Gasteiger partial charge in [-0.3, -0.25) is 4.79 Å². The van der Waals surface area contributed by atoms with Gasteiger partial charge in [-0.2, -0.15) is 0 Å². The summed E-state index contributed by atoms with van der Waals surface area (Å²) >= 11 is 1.61. The molecule has 2 aromatic heterocycles. The maximum absolute atomic E-state index is 10.9. The largest absolute Gasteiger partial charge is 0.481 e. The fourth-order valence-corrected chi connectivity index (χ4v) is 3.11. The Morgan fingerprint density at radius 1 is 1.50 bits per heavy atom. The monoisotopic (exact) mass is 294 g/mol. The van der Waals surface area contributed by atoms with E-state index < -0.39 is 5.97 Å². The number of carbonyl (C=O) groups is 1. The molecule has 0 saturated heterocycles. The Bertz CT molecular complexity index is 578. The third-order valence-electron chi connectivity index (χ3n) is 3.33. The predicted octanol–water partition coefficient (Wildman–Crippen LogP) is 2.46. The fraction of sp³-hybridized carbons (Fsp3) is 0.538. The minimum atomic E-state index is -0.781. The van der Waals surface area contributed by atoms with Crippen LogP contribution < -0.4 is 0 Å². The molecular formula is C13H18N4O2S. The minimum Gasteiger partial charge on any atom is -0.481 e. The number of rotatable bonds is 7. The summed E-state index contributed by atoms with van der Waals surface area (Å²) in [4.78, 5) is 11.9. The molecule has 1 N–H and O–H groups in total. The van der Waals surface area contributed by atoms with Crippen molar-refractivity contribution in [2.75, 3.05) is 0 Å². The molecule has 20 heavy (non-hydrogen) atoms. The summed E-state index contributed by atoms with van der Waals surface area (Å²) in [6, 6.07) is 2.08. The normalized spacial score (nSPS) is 12.5. The number of nitrogens with zero attached hydrogens (tertiary/aromatic N) is 4. The van der Waals surface area contributed by atoms with Gasteiger partial charge in [0.05, 0.1) is 4.88 Å². The topological polar surface area (TPSA) is 80.9 Å². The molecular weight excluding hydrogens is 276 g/mol. The van der Waals surface area contributed by atoms with Gasteiger partial charge in [0.2, 0.25) is 0 Å². The zero-order chi connectivity index (χ0) is 14.5. The lowest BCUT2D eigenvalue weighted by Crippen LogP contribution is -2.16. The van der Waals surface area contributed by atoms with Gasteiger partial charge in [-0.1, -0.05) is 20.3 Å². The molecule has 0 aliphatic heterocycles. The number of hydrogen-bond donors (Lipinski definition) is 1. The summed E-state index contributed by atoms with van der Waals surface area (Å²) < 4.78 is 1.72. The maximum Gasteiger partial charge on any atom is 0.303 e. The highest BCUT2D eigenvalue weighted by Crippen LogP contribution is 2.28. The molecule has 0 fully saturated rings. The molecule has 0 bridgehead atoms. The fourth-order valence-electron chi connectivity index (χ4n) is 2.13. The van der Waals surface area contributed by atoms with Crippen molar-refractivity contribution in [2.24, 2.45) is 5.92 Å². The molecule has 1 unspecified atom stereocenters. The third-order valence-corrected chi connectivity index (χ3v) is 4.29. The van der Waals surface area contributed by atoms with E-state index in [9.17, 15) is 4.79 Å². The highest BCUT2D eigenvalue weighted by molar-refractivity contribution is 7.13. The lowest BCUT2D eigenvalue weighted by Gasteiger charge is -2.13. The second-order valence-corrected chi connectivity index (χ2v) is 5.60. The zero-order valence-electron chi connectivity index (χ0n) is 11.6. The molecule has 1 atom stereocenters. The van der Waals surface area contributed by atoms with Crippen LogP contribution in [0.25, 0.3) is 10.7 Å². The van der Waals surface area contributed by atoms with Crippen LogP contribution in [-0.2, 0) is 17.8 Å². The quantitative estimate of drug-likeness (QED) is 0.848. The van der Waals surface area contributed by atoms with E-state index >= 15 is 0 Å². The molecule has 2 heterocycles. The molecule has 0 aliphatic rings. The first-order chi connectivity index (χ1) is 9.65. The Morgan fingerprint density at radius 2 is 2.30 bits per heavy atom. The van der Waals surface area contributed by atoms with Crippen LogP contribution in [0.15, 0.2) is 11.4 Å². The van der Waals surface area contributed by atoms with E-state index in [0.29, 0.717) is 6.54 Å². The van der Waals surface area contributed by atoms with E-state index in [1.807, 2.05) is 12.3 Å². The number of carboxylic acid groups (broad SMARTS) is 1. The van der Waals surface area contributed by atoms with E-state index in [1.165, 1.54) is 5.56 Å². The average molecular weight is 294 g/mol. The molecule has 0 amide bonds. The molecule has 0 aliphatic carbocycles. The standard InChI is InChI=1S/C13H18N4O2S/c1-3-9(7-11(18)19)8-17-13(14-15-16-17)12-10(4-2)5-6-20-12/h5-6,9H,3-4,7-8H2,1-2H3,(H,18,19). The van der Waals surface area contributed by atoms with Gasteiger partial charge in [0, 0.05) is 13.0 Å². The van der Waals surface area contributed by atoms with Gasteiger partial charge in [0.15, 0.2) is 5.82 Å². The Labute approximate surface area is 121 Å². The number of aryl methyl sites for hydroxylation is 1. The molecule has 2 rings (SSSR count). The minimum absolute atomic E-state index is 0.0415. The Hall–Kier alpha value is -1.76. The maximum atomic E-state index is 10.9. The van der Waals surface area contributed by atoms with Crippen LogP contribution in [-0.4, -0.2) is 31.3 Å². The molecule has 108 valence electrons. The van der Waals surface area contributed by atoms with Gasteiger partial charge in [-0.15, -0.1) is 16.4 Å². The zero-order valence-corrected chi connectivity index (χ0v) is 12.4. The number of aliphatic carboxylic acids is 1. The van der Waals surface area contributed by atoms with Gasteiger partial charge in [0.1, 0.15) is 0 Å². The first-order valence-corrected chi connectivity index (χ1v) is 7.58. The third kappa shape index (κ3) is 3.22. The highest BCUT2D eigenvalue weighted by Gasteiger charge is 2.18. The van der Waals surface area contributed by atoms with Crippen LogP contribution in [0.3, 0.4) is 0 Å². The van der Waals surface area contributed by atoms with E-state index in [4.69, 9.17) is 5.11 Å². The molecule has 0 spiro atoms. The second-order valence-electron chi connectivity index (χ2n) is 4.69. The lowest BCUT2D eigenvalue weighted by molar-refractivity contribution is -0.138. The Morgan fingerprint density at radius 3 is 2.95 bits per heavy atom. The molecule has 0 aromatic carbocycles. The van der Waals surface area contributed by atoms with E-state index in [-0.39, 0.29) is 12.3 Å². The van der Waals surface area contributed by atoms with Gasteiger partial charge in [-0.05, 0) is 39.8 Å². The van der Waals surface area contributed by atoms with Crippen molar-refractivity contribution in [3.63, 3.8) is 0 Å². The number of thiophene rings is 1.